The van der Waals surface area contributed by atoms with Crippen LogP contribution in [0.25, 0.3) is 0 Å². The van der Waals surface area contributed by atoms with E-state index in [0.29, 0.717) is 13.1 Å². The third-order valence-electron chi connectivity index (χ3n) is 3.55. The molecule has 0 aromatic heterocycles. The van der Waals surface area contributed by atoms with Gasteiger partial charge in [0, 0.05) is 19.1 Å². The quantitative estimate of drug-likeness (QED) is 0.717. The summed E-state index contributed by atoms with van der Waals surface area (Å²) in [6.45, 7) is 8.49. The number of hydrogen-bond acceptors (Lipinski definition) is 3. The molecular formula is C14H27N3O2. The van der Waals surface area contributed by atoms with Crippen molar-refractivity contribution < 1.29 is 9.59 Å². The van der Waals surface area contributed by atoms with Gasteiger partial charge in [-0.2, -0.15) is 0 Å². The molecule has 5 heteroatoms. The minimum absolute atomic E-state index is 0.0190. The van der Waals surface area contributed by atoms with Gasteiger partial charge in [0.15, 0.2) is 0 Å². The van der Waals surface area contributed by atoms with Gasteiger partial charge in [-0.05, 0) is 32.7 Å². The summed E-state index contributed by atoms with van der Waals surface area (Å²) in [6, 6.07) is 0.213. The molecule has 0 aromatic carbocycles. The first-order valence-corrected chi connectivity index (χ1v) is 7.39. The first-order valence-electron chi connectivity index (χ1n) is 7.39. The zero-order valence-corrected chi connectivity index (χ0v) is 12.4. The molecule has 110 valence electrons. The Labute approximate surface area is 116 Å². The SMILES string of the molecule is CCCNC(=O)CN(CCC)C(=O)C1CCNC1C. The predicted octanol–water partition coefficient (Wildman–Crippen LogP) is 0.749. The molecule has 2 N–H and O–H groups in total. The highest BCUT2D eigenvalue weighted by atomic mass is 16.2. The molecule has 2 amide bonds. The van der Waals surface area contributed by atoms with Gasteiger partial charge in [-0.15, -0.1) is 0 Å². The average molecular weight is 269 g/mol. The van der Waals surface area contributed by atoms with Crippen molar-refractivity contribution in [2.24, 2.45) is 5.92 Å². The van der Waals surface area contributed by atoms with Gasteiger partial charge in [0.2, 0.25) is 11.8 Å². The van der Waals surface area contributed by atoms with Crippen LogP contribution >= 0.6 is 0 Å². The van der Waals surface area contributed by atoms with Crippen molar-refractivity contribution in [2.75, 3.05) is 26.2 Å². The van der Waals surface area contributed by atoms with E-state index in [9.17, 15) is 9.59 Å². The van der Waals surface area contributed by atoms with Crippen LogP contribution in [0.3, 0.4) is 0 Å². The maximum Gasteiger partial charge on any atom is 0.239 e. The van der Waals surface area contributed by atoms with E-state index in [1.165, 1.54) is 0 Å². The van der Waals surface area contributed by atoms with Crippen LogP contribution in [-0.2, 0) is 9.59 Å². The summed E-state index contributed by atoms with van der Waals surface area (Å²) in [5, 5.41) is 6.12. The largest absolute Gasteiger partial charge is 0.355 e. The van der Waals surface area contributed by atoms with Gasteiger partial charge >= 0.3 is 0 Å². The third kappa shape index (κ3) is 4.82. The van der Waals surface area contributed by atoms with Crippen LogP contribution in [0, 0.1) is 5.92 Å². The number of hydrogen-bond donors (Lipinski definition) is 2. The molecule has 0 aromatic rings. The lowest BCUT2D eigenvalue weighted by Gasteiger charge is -2.26. The van der Waals surface area contributed by atoms with E-state index in [4.69, 9.17) is 0 Å². The molecule has 5 nitrogen and oxygen atoms in total. The number of carbonyl (C=O) groups is 2. The van der Waals surface area contributed by atoms with Crippen molar-refractivity contribution in [3.8, 4) is 0 Å². The van der Waals surface area contributed by atoms with E-state index in [0.717, 1.165) is 25.8 Å². The minimum Gasteiger partial charge on any atom is -0.355 e. The number of nitrogens with zero attached hydrogens (tertiary/aromatic N) is 1. The topological polar surface area (TPSA) is 61.4 Å². The Morgan fingerprint density at radius 3 is 2.58 bits per heavy atom. The Morgan fingerprint density at radius 1 is 1.32 bits per heavy atom. The fourth-order valence-corrected chi connectivity index (χ4v) is 2.46. The molecule has 1 heterocycles. The van der Waals surface area contributed by atoms with Crippen LogP contribution < -0.4 is 10.6 Å². The van der Waals surface area contributed by atoms with Gasteiger partial charge < -0.3 is 15.5 Å². The smallest absolute Gasteiger partial charge is 0.239 e. The van der Waals surface area contributed by atoms with Gasteiger partial charge in [0.05, 0.1) is 12.5 Å². The number of carbonyl (C=O) groups excluding carboxylic acids is 2. The Bertz CT molecular complexity index is 307. The zero-order chi connectivity index (χ0) is 14.3. The van der Waals surface area contributed by atoms with Crippen molar-refractivity contribution in [1.29, 1.82) is 0 Å². The molecule has 0 radical (unpaired) electrons. The van der Waals surface area contributed by atoms with E-state index >= 15 is 0 Å². The summed E-state index contributed by atoms with van der Waals surface area (Å²) in [4.78, 5) is 25.9. The van der Waals surface area contributed by atoms with Crippen molar-refractivity contribution in [2.45, 2.75) is 46.1 Å². The molecule has 0 saturated carbocycles. The van der Waals surface area contributed by atoms with E-state index in [1.807, 2.05) is 20.8 Å². The van der Waals surface area contributed by atoms with Crippen molar-refractivity contribution in [3.05, 3.63) is 0 Å². The lowest BCUT2D eigenvalue weighted by atomic mass is 10.0. The highest BCUT2D eigenvalue weighted by molar-refractivity contribution is 5.86. The maximum atomic E-state index is 12.5. The van der Waals surface area contributed by atoms with Crippen molar-refractivity contribution in [3.63, 3.8) is 0 Å². The van der Waals surface area contributed by atoms with Crippen molar-refractivity contribution in [1.82, 2.24) is 15.5 Å². The van der Waals surface area contributed by atoms with Crippen LogP contribution in [0.1, 0.15) is 40.0 Å². The summed E-state index contributed by atoms with van der Waals surface area (Å²) in [5.74, 6) is 0.0822. The van der Waals surface area contributed by atoms with E-state index < -0.39 is 0 Å². The Morgan fingerprint density at radius 2 is 2.05 bits per heavy atom. The highest BCUT2D eigenvalue weighted by Gasteiger charge is 2.32. The standard InChI is InChI=1S/C14H27N3O2/c1-4-7-16-13(18)10-17(9-5-2)14(19)12-6-8-15-11(12)3/h11-12,15H,4-10H2,1-3H3,(H,16,18). The van der Waals surface area contributed by atoms with Crippen LogP contribution in [0.4, 0.5) is 0 Å². The first-order chi connectivity index (χ1) is 9.10. The molecule has 1 aliphatic rings. The van der Waals surface area contributed by atoms with E-state index in [1.54, 1.807) is 4.90 Å². The van der Waals surface area contributed by atoms with E-state index in [-0.39, 0.29) is 30.3 Å². The second kappa shape index (κ2) is 8.15. The molecule has 1 saturated heterocycles. The normalized spacial score (nSPS) is 22.3. The number of amides is 2. The molecular weight excluding hydrogens is 242 g/mol. The monoisotopic (exact) mass is 269 g/mol. The van der Waals surface area contributed by atoms with Gasteiger partial charge in [0.25, 0.3) is 0 Å². The molecule has 2 unspecified atom stereocenters. The molecule has 0 bridgehead atoms. The molecule has 0 spiro atoms. The number of nitrogens with one attached hydrogen (secondary N) is 2. The molecule has 1 fully saturated rings. The summed E-state index contributed by atoms with van der Waals surface area (Å²) in [6.07, 6.45) is 2.66. The van der Waals surface area contributed by atoms with Crippen LogP contribution in [-0.4, -0.2) is 48.9 Å². The zero-order valence-electron chi connectivity index (χ0n) is 12.4. The average Bonchev–Trinajstić information content (AvgIpc) is 2.81. The second-order valence-corrected chi connectivity index (χ2v) is 5.25. The minimum atomic E-state index is -0.0535. The maximum absolute atomic E-state index is 12.5. The lowest BCUT2D eigenvalue weighted by Crippen LogP contribution is -2.45. The molecule has 2 atom stereocenters. The second-order valence-electron chi connectivity index (χ2n) is 5.25. The fourth-order valence-electron chi connectivity index (χ4n) is 2.46. The highest BCUT2D eigenvalue weighted by Crippen LogP contribution is 2.18. The van der Waals surface area contributed by atoms with Crippen LogP contribution in [0.5, 0.6) is 0 Å². The molecule has 19 heavy (non-hydrogen) atoms. The van der Waals surface area contributed by atoms with Gasteiger partial charge in [-0.25, -0.2) is 0 Å². The molecule has 1 aliphatic heterocycles. The van der Waals surface area contributed by atoms with Gasteiger partial charge in [-0.3, -0.25) is 9.59 Å². The van der Waals surface area contributed by atoms with E-state index in [2.05, 4.69) is 10.6 Å². The number of rotatable bonds is 7. The fraction of sp³-hybridized carbons (Fsp3) is 0.857. The van der Waals surface area contributed by atoms with Crippen molar-refractivity contribution >= 4 is 11.8 Å². The summed E-state index contributed by atoms with van der Waals surface area (Å²) < 4.78 is 0. The Balaban J connectivity index is 2.55. The molecule has 0 aliphatic carbocycles. The lowest BCUT2D eigenvalue weighted by molar-refractivity contribution is -0.139. The van der Waals surface area contributed by atoms with Crippen LogP contribution in [0.2, 0.25) is 0 Å². The first kappa shape index (κ1) is 16.0. The molecule has 1 rings (SSSR count). The van der Waals surface area contributed by atoms with Gasteiger partial charge in [0.1, 0.15) is 0 Å². The van der Waals surface area contributed by atoms with Crippen LogP contribution in [0.15, 0.2) is 0 Å². The summed E-state index contributed by atoms with van der Waals surface area (Å²) >= 11 is 0. The van der Waals surface area contributed by atoms with Gasteiger partial charge in [-0.1, -0.05) is 13.8 Å². The summed E-state index contributed by atoms with van der Waals surface area (Å²) in [5.41, 5.74) is 0. The predicted molar refractivity (Wildman–Crippen MR) is 75.7 cm³/mol. The summed E-state index contributed by atoms with van der Waals surface area (Å²) in [7, 11) is 0. The third-order valence-corrected chi connectivity index (χ3v) is 3.55. The Kier molecular flexibility index (Phi) is 6.84. The Hall–Kier alpha value is -1.10.